The fourth-order valence-corrected chi connectivity index (χ4v) is 9.27. The van der Waals surface area contributed by atoms with Crippen LogP contribution in [0.25, 0.3) is 0 Å². The third kappa shape index (κ3) is 3.17. The Labute approximate surface area is 145 Å². The average Bonchev–Trinajstić information content (AvgIpc) is 3.28. The molecule has 126 valence electrons. The third-order valence-corrected chi connectivity index (χ3v) is 11.5. The minimum atomic E-state index is -1.17. The number of carbonyl (C=O) groups excluding carboxylic acids is 1. The zero-order chi connectivity index (χ0) is 16.7. The van der Waals surface area contributed by atoms with Crippen LogP contribution in [-0.4, -0.2) is 30.1 Å². The maximum absolute atomic E-state index is 13.2. The van der Waals surface area contributed by atoms with E-state index in [0.717, 1.165) is 34.7 Å². The van der Waals surface area contributed by atoms with Crippen LogP contribution in [0.15, 0.2) is 12.1 Å². The van der Waals surface area contributed by atoms with Gasteiger partial charge in [0, 0.05) is 37.5 Å². The van der Waals surface area contributed by atoms with Crippen molar-refractivity contribution in [1.29, 1.82) is 0 Å². The highest BCUT2D eigenvalue weighted by atomic mass is 35.5. The topological polar surface area (TPSA) is 29.1 Å². The molecule has 0 radical (unpaired) electrons. The Morgan fingerprint density at radius 2 is 1.61 bits per heavy atom. The van der Waals surface area contributed by atoms with Gasteiger partial charge in [0.15, 0.2) is 5.16 Å². The molecule has 1 saturated heterocycles. The van der Waals surface area contributed by atoms with Crippen molar-refractivity contribution >= 4 is 30.5 Å². The average molecular weight is 353 g/mol. The molecule has 2 nitrogen and oxygen atoms in total. The lowest BCUT2D eigenvalue weighted by Crippen LogP contribution is -2.34. The summed E-state index contributed by atoms with van der Waals surface area (Å²) in [5.41, 5.74) is 3.08. The first-order chi connectivity index (χ1) is 10.9. The van der Waals surface area contributed by atoms with E-state index >= 15 is 0 Å². The smallest absolute Gasteiger partial charge is 0.268 e. The largest absolute Gasteiger partial charge is 0.322 e. The fraction of sp³-hybridized carbons (Fsp3) is 0.632. The van der Waals surface area contributed by atoms with Crippen molar-refractivity contribution < 1.29 is 4.79 Å². The Morgan fingerprint density at radius 1 is 1.09 bits per heavy atom. The van der Waals surface area contributed by atoms with Crippen LogP contribution in [-0.2, 0) is 4.79 Å². The van der Waals surface area contributed by atoms with Crippen LogP contribution in [0.5, 0.6) is 0 Å². The summed E-state index contributed by atoms with van der Waals surface area (Å²) in [4.78, 5) is 13.2. The summed E-state index contributed by atoms with van der Waals surface area (Å²) in [5.74, 6) is 0.281. The Hall–Kier alpha value is -0.590. The molecule has 0 bridgehead atoms. The zero-order valence-corrected chi connectivity index (χ0v) is 16.2. The molecule has 1 aliphatic heterocycles. The van der Waals surface area contributed by atoms with Crippen LogP contribution in [0.4, 0.5) is 5.69 Å². The van der Waals surface area contributed by atoms with Crippen molar-refractivity contribution in [3.63, 3.8) is 0 Å². The lowest BCUT2D eigenvalue weighted by atomic mass is 10.1. The van der Waals surface area contributed by atoms with Crippen LogP contribution in [0.3, 0.4) is 0 Å². The highest BCUT2D eigenvalue weighted by Gasteiger charge is 2.67. The molecule has 1 N–H and O–H groups in total. The number of aryl methyl sites for hydroxylation is 2. The first-order valence-electron chi connectivity index (χ1n) is 8.81. The molecule has 0 spiro atoms. The normalized spacial score (nSPS) is 22.3. The van der Waals surface area contributed by atoms with Crippen molar-refractivity contribution in [1.82, 2.24) is 0 Å². The van der Waals surface area contributed by atoms with E-state index in [1.54, 1.807) is 0 Å². The predicted octanol–water partition coefficient (Wildman–Crippen LogP) is 5.65. The number of carbonyl (C=O) groups is 1. The number of amides is 1. The minimum absolute atomic E-state index is 0.0319. The molecule has 1 aliphatic carbocycles. The molecule has 4 heteroatoms. The van der Waals surface area contributed by atoms with Gasteiger partial charge in [-0.25, -0.2) is 0 Å². The summed E-state index contributed by atoms with van der Waals surface area (Å²) in [6.07, 6.45) is 10.1. The quantitative estimate of drug-likeness (QED) is 0.700. The molecule has 0 unspecified atom stereocenters. The predicted molar refractivity (Wildman–Crippen MR) is 103 cm³/mol. The molecule has 1 aromatic rings. The number of nitrogens with one attached hydrogen (secondary N) is 1. The number of halogens is 1. The van der Waals surface area contributed by atoms with Gasteiger partial charge in [0.2, 0.25) is 0 Å². The number of rotatable bonds is 3. The first-order valence-corrected chi connectivity index (χ1v) is 11.8. The van der Waals surface area contributed by atoms with E-state index < -0.39 is 7.26 Å². The Bertz CT molecular complexity index is 593. The van der Waals surface area contributed by atoms with Crippen LogP contribution in [0.1, 0.15) is 49.7 Å². The van der Waals surface area contributed by atoms with E-state index in [1.807, 2.05) is 26.0 Å². The Kier molecular flexibility index (Phi) is 4.78. The van der Waals surface area contributed by atoms with Crippen LogP contribution in [0.2, 0.25) is 5.02 Å². The molecule has 1 heterocycles. The highest BCUT2D eigenvalue weighted by molar-refractivity contribution is 7.78. The van der Waals surface area contributed by atoms with Gasteiger partial charge in [-0.15, -0.1) is 0 Å². The van der Waals surface area contributed by atoms with Crippen LogP contribution >= 0.6 is 18.9 Å². The van der Waals surface area contributed by atoms with Crippen molar-refractivity contribution in [3.8, 4) is 0 Å². The lowest BCUT2D eigenvalue weighted by molar-refractivity contribution is -0.116. The summed E-state index contributed by atoms with van der Waals surface area (Å²) in [6, 6.07) is 3.87. The molecule has 1 aromatic carbocycles. The highest BCUT2D eigenvalue weighted by Crippen LogP contribution is 2.77. The summed E-state index contributed by atoms with van der Waals surface area (Å²) in [5, 5.41) is 3.99. The van der Waals surface area contributed by atoms with Gasteiger partial charge in [0.1, 0.15) is 0 Å². The van der Waals surface area contributed by atoms with Crippen molar-refractivity contribution in [2.45, 2.75) is 57.5 Å². The Balaban J connectivity index is 1.83. The standard InChI is InChI=1S/C19H27ClNOP/c1-14-12-16(20)13-15(2)17(14)21-18(22)19(8-9-19)23(3)10-6-4-5-7-11-23/h12-13H,4-11H2,1-3H3/p+1. The molecule has 23 heavy (non-hydrogen) atoms. The number of benzene rings is 1. The van der Waals surface area contributed by atoms with E-state index in [0.29, 0.717) is 0 Å². The van der Waals surface area contributed by atoms with E-state index in [-0.39, 0.29) is 11.1 Å². The van der Waals surface area contributed by atoms with Gasteiger partial charge in [-0.05, 0) is 62.8 Å². The molecule has 3 rings (SSSR count). The molecule has 2 aliphatic rings. The van der Waals surface area contributed by atoms with Gasteiger partial charge in [-0.1, -0.05) is 11.6 Å². The van der Waals surface area contributed by atoms with Crippen molar-refractivity contribution in [2.24, 2.45) is 0 Å². The molecule has 1 amide bonds. The Morgan fingerprint density at radius 3 is 2.09 bits per heavy atom. The first kappa shape index (κ1) is 17.2. The van der Waals surface area contributed by atoms with Crippen LogP contribution < -0.4 is 5.32 Å². The second kappa shape index (κ2) is 6.37. The SMILES string of the molecule is Cc1cc(Cl)cc(C)c1NC(=O)C1([P+]2(C)CCCCCC2)CC1. The molecule has 0 atom stereocenters. The zero-order valence-electron chi connectivity index (χ0n) is 14.5. The van der Waals surface area contributed by atoms with Gasteiger partial charge < -0.3 is 5.32 Å². The van der Waals surface area contributed by atoms with E-state index in [1.165, 1.54) is 38.0 Å². The molecular weight excluding hydrogens is 325 g/mol. The fourth-order valence-electron chi connectivity index (χ4n) is 4.28. The number of hydrogen-bond donors (Lipinski definition) is 1. The van der Waals surface area contributed by atoms with E-state index in [2.05, 4.69) is 12.0 Å². The second-order valence-electron chi connectivity index (χ2n) is 7.66. The summed E-state index contributed by atoms with van der Waals surface area (Å²) in [7, 11) is -1.17. The molecule has 1 saturated carbocycles. The summed E-state index contributed by atoms with van der Waals surface area (Å²) >= 11 is 6.12. The number of anilines is 1. The van der Waals surface area contributed by atoms with Crippen molar-refractivity contribution in [3.05, 3.63) is 28.3 Å². The van der Waals surface area contributed by atoms with Gasteiger partial charge in [0.05, 0.1) is 12.3 Å². The van der Waals surface area contributed by atoms with Gasteiger partial charge in [-0.3, -0.25) is 4.79 Å². The maximum Gasteiger partial charge on any atom is 0.268 e. The monoisotopic (exact) mass is 352 g/mol. The maximum atomic E-state index is 13.2. The lowest BCUT2D eigenvalue weighted by Gasteiger charge is -2.30. The van der Waals surface area contributed by atoms with Gasteiger partial charge >= 0.3 is 0 Å². The molecule has 2 fully saturated rings. The summed E-state index contributed by atoms with van der Waals surface area (Å²) in [6.45, 7) is 6.51. The minimum Gasteiger partial charge on any atom is -0.322 e. The molecular formula is C19H28ClNOP+. The van der Waals surface area contributed by atoms with Gasteiger partial charge in [-0.2, -0.15) is 0 Å². The number of hydrogen-bond acceptors (Lipinski definition) is 1. The second-order valence-corrected chi connectivity index (χ2v) is 12.6. The third-order valence-electron chi connectivity index (χ3n) is 5.97. The summed E-state index contributed by atoms with van der Waals surface area (Å²) < 4.78 is 0. The van der Waals surface area contributed by atoms with Gasteiger partial charge in [0.25, 0.3) is 5.91 Å². The molecule has 0 aromatic heterocycles. The van der Waals surface area contributed by atoms with Crippen molar-refractivity contribution in [2.75, 3.05) is 24.3 Å². The van der Waals surface area contributed by atoms with Crippen LogP contribution in [0, 0.1) is 13.8 Å². The van der Waals surface area contributed by atoms with E-state index in [9.17, 15) is 4.79 Å². The van der Waals surface area contributed by atoms with E-state index in [4.69, 9.17) is 11.6 Å².